The second-order valence-corrected chi connectivity index (χ2v) is 5.92. The molecule has 0 saturated heterocycles. The quantitative estimate of drug-likeness (QED) is 0.659. The van der Waals surface area contributed by atoms with Crippen molar-refractivity contribution >= 4 is 6.08 Å². The van der Waals surface area contributed by atoms with Crippen LogP contribution in [-0.2, 0) is 13.0 Å². The minimum atomic E-state index is 0.177. The summed E-state index contributed by atoms with van der Waals surface area (Å²) in [7, 11) is 0. The van der Waals surface area contributed by atoms with Crippen molar-refractivity contribution < 1.29 is 5.11 Å². The fourth-order valence-corrected chi connectivity index (χ4v) is 2.62. The van der Waals surface area contributed by atoms with Crippen molar-refractivity contribution in [2.75, 3.05) is 19.7 Å². The first-order valence-corrected chi connectivity index (χ1v) is 8.55. The van der Waals surface area contributed by atoms with Gasteiger partial charge in [0.05, 0.1) is 6.61 Å². The minimum Gasteiger partial charge on any atom is -0.395 e. The van der Waals surface area contributed by atoms with Gasteiger partial charge >= 0.3 is 0 Å². The Morgan fingerprint density at radius 3 is 2.33 bits per heavy atom. The molecular weight excluding hydrogens is 294 g/mol. The highest BCUT2D eigenvalue weighted by Crippen LogP contribution is 2.10. The average molecular weight is 321 g/mol. The third-order valence-corrected chi connectivity index (χ3v) is 3.96. The average Bonchev–Trinajstić information content (AvgIpc) is 2.62. The molecule has 0 saturated carbocycles. The molecule has 0 heterocycles. The van der Waals surface area contributed by atoms with E-state index in [1.807, 2.05) is 24.3 Å². The third kappa shape index (κ3) is 6.53. The topological polar surface area (TPSA) is 23.5 Å². The predicted molar refractivity (Wildman–Crippen MR) is 103 cm³/mol. The maximum Gasteiger partial charge on any atom is 0.0558 e. The molecule has 126 valence electrons. The van der Waals surface area contributed by atoms with Gasteiger partial charge in [0.1, 0.15) is 0 Å². The van der Waals surface area contributed by atoms with Crippen molar-refractivity contribution in [1.29, 1.82) is 0 Å². The smallest absolute Gasteiger partial charge is 0.0558 e. The van der Waals surface area contributed by atoms with E-state index in [2.05, 4.69) is 60.0 Å². The fourth-order valence-electron chi connectivity index (χ4n) is 2.62. The van der Waals surface area contributed by atoms with E-state index in [1.165, 1.54) is 16.7 Å². The second kappa shape index (κ2) is 10.6. The van der Waals surface area contributed by atoms with Crippen LogP contribution in [0.25, 0.3) is 6.08 Å². The van der Waals surface area contributed by atoms with Crippen molar-refractivity contribution in [3.63, 3.8) is 0 Å². The second-order valence-electron chi connectivity index (χ2n) is 5.92. The molecule has 0 spiro atoms. The standard InChI is InChI=1S/C22H27NO/c1-2-3-8-21-12-14-22(15-13-21)19-23(17-18-24)16-7-11-20-9-5-4-6-10-20/h2,4-7,9-15,24H,1,3,8,16-19H2/b11-7+. The molecule has 1 N–H and O–H groups in total. The molecule has 0 amide bonds. The molecule has 24 heavy (non-hydrogen) atoms. The molecule has 2 heteroatoms. The summed E-state index contributed by atoms with van der Waals surface area (Å²) in [4.78, 5) is 2.25. The van der Waals surface area contributed by atoms with Gasteiger partial charge in [0.2, 0.25) is 0 Å². The summed E-state index contributed by atoms with van der Waals surface area (Å²) < 4.78 is 0. The van der Waals surface area contributed by atoms with E-state index in [1.54, 1.807) is 0 Å². The monoisotopic (exact) mass is 321 g/mol. The highest BCUT2D eigenvalue weighted by atomic mass is 16.3. The Balaban J connectivity index is 1.90. The van der Waals surface area contributed by atoms with Gasteiger partial charge in [-0.15, -0.1) is 6.58 Å². The maximum atomic E-state index is 9.30. The number of aliphatic hydroxyl groups excluding tert-OH is 1. The Bertz CT molecular complexity index is 616. The van der Waals surface area contributed by atoms with Crippen molar-refractivity contribution in [2.24, 2.45) is 0 Å². The summed E-state index contributed by atoms with van der Waals surface area (Å²) in [6.07, 6.45) is 8.30. The largest absolute Gasteiger partial charge is 0.395 e. The van der Waals surface area contributed by atoms with Crippen LogP contribution >= 0.6 is 0 Å². The summed E-state index contributed by atoms with van der Waals surface area (Å²) in [5.41, 5.74) is 3.82. The molecule has 0 aliphatic rings. The van der Waals surface area contributed by atoms with Crippen LogP contribution in [0.4, 0.5) is 0 Å². The van der Waals surface area contributed by atoms with Crippen LogP contribution in [0.1, 0.15) is 23.1 Å². The van der Waals surface area contributed by atoms with Crippen LogP contribution in [0.5, 0.6) is 0 Å². The Morgan fingerprint density at radius 2 is 1.67 bits per heavy atom. The highest BCUT2D eigenvalue weighted by Gasteiger charge is 2.04. The van der Waals surface area contributed by atoms with E-state index in [9.17, 15) is 5.11 Å². The lowest BCUT2D eigenvalue weighted by Crippen LogP contribution is -2.26. The van der Waals surface area contributed by atoms with Crippen LogP contribution in [-0.4, -0.2) is 29.7 Å². The maximum absolute atomic E-state index is 9.30. The van der Waals surface area contributed by atoms with Gasteiger partial charge in [-0.1, -0.05) is 72.8 Å². The first-order valence-electron chi connectivity index (χ1n) is 8.55. The van der Waals surface area contributed by atoms with Gasteiger partial charge in [-0.3, -0.25) is 4.90 Å². The molecule has 0 atom stereocenters. The van der Waals surface area contributed by atoms with Crippen LogP contribution in [0.3, 0.4) is 0 Å². The van der Waals surface area contributed by atoms with E-state index >= 15 is 0 Å². The number of nitrogens with zero attached hydrogens (tertiary/aromatic N) is 1. The molecule has 0 aliphatic heterocycles. The number of allylic oxidation sites excluding steroid dienone is 1. The fraction of sp³-hybridized carbons (Fsp3) is 0.273. The van der Waals surface area contributed by atoms with Crippen molar-refractivity contribution in [3.8, 4) is 0 Å². The van der Waals surface area contributed by atoms with Crippen molar-refractivity contribution in [2.45, 2.75) is 19.4 Å². The van der Waals surface area contributed by atoms with Crippen LogP contribution in [0.15, 0.2) is 73.3 Å². The summed E-state index contributed by atoms with van der Waals surface area (Å²) in [5.74, 6) is 0. The van der Waals surface area contributed by atoms with Gasteiger partial charge in [-0.2, -0.15) is 0 Å². The molecule has 0 aliphatic carbocycles. The Kier molecular flexibility index (Phi) is 8.02. The molecule has 2 aromatic rings. The van der Waals surface area contributed by atoms with E-state index in [0.29, 0.717) is 6.54 Å². The number of aryl methyl sites for hydroxylation is 1. The molecule has 0 unspecified atom stereocenters. The van der Waals surface area contributed by atoms with Crippen LogP contribution < -0.4 is 0 Å². The number of rotatable bonds is 10. The first-order chi connectivity index (χ1) is 11.8. The Hall–Kier alpha value is -2.16. The van der Waals surface area contributed by atoms with Gasteiger partial charge in [0, 0.05) is 19.6 Å². The number of hydrogen-bond donors (Lipinski definition) is 1. The molecule has 2 aromatic carbocycles. The molecule has 0 radical (unpaired) electrons. The Labute approximate surface area is 145 Å². The Morgan fingerprint density at radius 1 is 0.958 bits per heavy atom. The number of benzene rings is 2. The van der Waals surface area contributed by atoms with Gasteiger partial charge in [0.25, 0.3) is 0 Å². The van der Waals surface area contributed by atoms with Crippen molar-refractivity contribution in [3.05, 3.63) is 90.0 Å². The third-order valence-electron chi connectivity index (χ3n) is 3.96. The molecular formula is C22H27NO. The zero-order valence-electron chi connectivity index (χ0n) is 14.3. The van der Waals surface area contributed by atoms with Gasteiger partial charge in [-0.25, -0.2) is 0 Å². The van der Waals surface area contributed by atoms with E-state index in [-0.39, 0.29) is 6.61 Å². The molecule has 0 fully saturated rings. The minimum absolute atomic E-state index is 0.177. The van der Waals surface area contributed by atoms with Crippen LogP contribution in [0.2, 0.25) is 0 Å². The van der Waals surface area contributed by atoms with Gasteiger partial charge in [0.15, 0.2) is 0 Å². The summed E-state index contributed by atoms with van der Waals surface area (Å²) in [6.45, 7) is 6.30. The molecule has 0 aromatic heterocycles. The number of aliphatic hydroxyl groups is 1. The van der Waals surface area contributed by atoms with Crippen molar-refractivity contribution in [1.82, 2.24) is 4.90 Å². The molecule has 2 nitrogen and oxygen atoms in total. The predicted octanol–water partition coefficient (Wildman–Crippen LogP) is 4.31. The van der Waals surface area contributed by atoms with Crippen LogP contribution in [0, 0.1) is 0 Å². The van der Waals surface area contributed by atoms with E-state index in [4.69, 9.17) is 0 Å². The lowest BCUT2D eigenvalue weighted by Gasteiger charge is -2.19. The van der Waals surface area contributed by atoms with E-state index < -0.39 is 0 Å². The summed E-state index contributed by atoms with van der Waals surface area (Å²) in [5, 5.41) is 9.30. The lowest BCUT2D eigenvalue weighted by molar-refractivity contribution is 0.203. The first kappa shape index (κ1) is 18.2. The SMILES string of the molecule is C=CCCc1ccc(CN(C/C=C/c2ccccc2)CCO)cc1. The summed E-state index contributed by atoms with van der Waals surface area (Å²) in [6, 6.07) is 19.0. The lowest BCUT2D eigenvalue weighted by atomic mass is 10.1. The molecule has 0 bridgehead atoms. The summed E-state index contributed by atoms with van der Waals surface area (Å²) >= 11 is 0. The highest BCUT2D eigenvalue weighted by molar-refractivity contribution is 5.48. The zero-order valence-corrected chi connectivity index (χ0v) is 14.3. The van der Waals surface area contributed by atoms with Gasteiger partial charge in [-0.05, 0) is 29.5 Å². The van der Waals surface area contributed by atoms with E-state index in [0.717, 1.165) is 25.9 Å². The zero-order chi connectivity index (χ0) is 17.0. The number of hydrogen-bond acceptors (Lipinski definition) is 2. The van der Waals surface area contributed by atoms with Gasteiger partial charge < -0.3 is 5.11 Å². The molecule has 2 rings (SSSR count). The normalized spacial score (nSPS) is 11.2.